The number of aryl methyl sites for hydroxylation is 1. The summed E-state index contributed by atoms with van der Waals surface area (Å²) in [5.41, 5.74) is 2.08. The van der Waals surface area contributed by atoms with Crippen LogP contribution in [0.2, 0.25) is 4.34 Å². The molecule has 1 aromatic carbocycles. The number of rotatable bonds is 5. The highest BCUT2D eigenvalue weighted by atomic mass is 35.5. The van der Waals surface area contributed by atoms with Crippen LogP contribution in [0, 0.1) is 0 Å². The highest BCUT2D eigenvalue weighted by molar-refractivity contribution is 7.16. The molecule has 2 amide bonds. The van der Waals surface area contributed by atoms with Gasteiger partial charge in [0.25, 0.3) is 0 Å². The van der Waals surface area contributed by atoms with Gasteiger partial charge in [0.15, 0.2) is 0 Å². The third kappa shape index (κ3) is 4.54. The predicted octanol–water partition coefficient (Wildman–Crippen LogP) is 4.68. The third-order valence-electron chi connectivity index (χ3n) is 2.80. The number of urea groups is 1. The minimum Gasteiger partial charge on any atom is -0.333 e. The van der Waals surface area contributed by atoms with Gasteiger partial charge in [-0.3, -0.25) is 0 Å². The zero-order valence-electron chi connectivity index (χ0n) is 11.3. The minimum absolute atomic E-state index is 0.210. The highest BCUT2D eigenvalue weighted by Crippen LogP contribution is 2.21. The Kier molecular flexibility index (Phi) is 5.44. The van der Waals surface area contributed by atoms with Gasteiger partial charge >= 0.3 is 6.03 Å². The van der Waals surface area contributed by atoms with E-state index >= 15 is 0 Å². The molecule has 0 aliphatic heterocycles. The van der Waals surface area contributed by atoms with Crippen LogP contribution in [0.4, 0.5) is 10.5 Å². The van der Waals surface area contributed by atoms with Crippen molar-refractivity contribution in [1.29, 1.82) is 0 Å². The fraction of sp³-hybridized carbons (Fsp3) is 0.267. The second kappa shape index (κ2) is 7.31. The van der Waals surface area contributed by atoms with E-state index < -0.39 is 0 Å². The summed E-state index contributed by atoms with van der Waals surface area (Å²) in [6, 6.07) is 11.5. The third-order valence-corrected chi connectivity index (χ3v) is 4.03. The molecule has 0 aliphatic carbocycles. The summed E-state index contributed by atoms with van der Waals surface area (Å²) in [6.45, 7) is 2.63. The second-order valence-electron chi connectivity index (χ2n) is 4.46. The van der Waals surface area contributed by atoms with E-state index in [9.17, 15) is 4.79 Å². The van der Waals surface area contributed by atoms with Gasteiger partial charge in [-0.1, -0.05) is 37.1 Å². The summed E-state index contributed by atoms with van der Waals surface area (Å²) >= 11 is 7.30. The summed E-state index contributed by atoms with van der Waals surface area (Å²) < 4.78 is 0.730. The van der Waals surface area contributed by atoms with Crippen LogP contribution in [-0.4, -0.2) is 6.03 Å². The molecule has 5 heteroatoms. The van der Waals surface area contributed by atoms with Gasteiger partial charge in [-0.2, -0.15) is 0 Å². The van der Waals surface area contributed by atoms with Crippen LogP contribution < -0.4 is 10.6 Å². The van der Waals surface area contributed by atoms with Crippen molar-refractivity contribution in [3.05, 3.63) is 51.2 Å². The van der Waals surface area contributed by atoms with Crippen LogP contribution in [-0.2, 0) is 13.0 Å². The van der Waals surface area contributed by atoms with Crippen molar-refractivity contribution in [2.24, 2.45) is 0 Å². The monoisotopic (exact) mass is 308 g/mol. The van der Waals surface area contributed by atoms with Gasteiger partial charge in [0.1, 0.15) is 0 Å². The van der Waals surface area contributed by atoms with E-state index in [0.717, 1.165) is 27.7 Å². The number of amides is 2. The van der Waals surface area contributed by atoms with Crippen LogP contribution >= 0.6 is 22.9 Å². The maximum atomic E-state index is 11.8. The number of halogens is 1. The van der Waals surface area contributed by atoms with E-state index in [2.05, 4.69) is 17.6 Å². The maximum absolute atomic E-state index is 11.8. The number of carbonyl (C=O) groups is 1. The van der Waals surface area contributed by atoms with E-state index in [4.69, 9.17) is 11.6 Å². The first kappa shape index (κ1) is 14.9. The Morgan fingerprint density at radius 1 is 1.20 bits per heavy atom. The molecule has 0 radical (unpaired) electrons. The van der Waals surface area contributed by atoms with E-state index in [1.165, 1.54) is 16.9 Å². The first-order chi connectivity index (χ1) is 9.67. The minimum atomic E-state index is -0.210. The highest BCUT2D eigenvalue weighted by Gasteiger charge is 2.03. The molecule has 0 atom stereocenters. The van der Waals surface area contributed by atoms with Gasteiger partial charge in [0, 0.05) is 10.6 Å². The second-order valence-corrected chi connectivity index (χ2v) is 6.26. The molecule has 20 heavy (non-hydrogen) atoms. The predicted molar refractivity (Wildman–Crippen MR) is 85.6 cm³/mol. The Balaban J connectivity index is 1.81. The SMILES string of the molecule is CCCc1ccc(NC(=O)NCc2ccc(Cl)s2)cc1. The summed E-state index contributed by atoms with van der Waals surface area (Å²) in [4.78, 5) is 12.8. The van der Waals surface area contributed by atoms with Crippen molar-refractivity contribution in [3.63, 3.8) is 0 Å². The largest absolute Gasteiger partial charge is 0.333 e. The van der Waals surface area contributed by atoms with Crippen molar-refractivity contribution in [2.75, 3.05) is 5.32 Å². The molecular weight excluding hydrogens is 292 g/mol. The van der Waals surface area contributed by atoms with Crippen LogP contribution in [0.3, 0.4) is 0 Å². The van der Waals surface area contributed by atoms with Crippen molar-refractivity contribution in [2.45, 2.75) is 26.3 Å². The number of thiophene rings is 1. The lowest BCUT2D eigenvalue weighted by Crippen LogP contribution is -2.27. The molecule has 1 heterocycles. The van der Waals surface area contributed by atoms with Crippen molar-refractivity contribution >= 4 is 34.7 Å². The number of carbonyl (C=O) groups excluding carboxylic acids is 1. The number of hydrogen-bond acceptors (Lipinski definition) is 2. The van der Waals surface area contributed by atoms with Crippen molar-refractivity contribution in [3.8, 4) is 0 Å². The fourth-order valence-corrected chi connectivity index (χ4v) is 2.86. The normalized spacial score (nSPS) is 10.3. The molecule has 2 rings (SSSR count). The molecule has 106 valence electrons. The zero-order chi connectivity index (χ0) is 14.4. The topological polar surface area (TPSA) is 41.1 Å². The Bertz CT molecular complexity index is 566. The lowest BCUT2D eigenvalue weighted by Gasteiger charge is -2.07. The molecule has 0 saturated carbocycles. The van der Waals surface area contributed by atoms with Crippen molar-refractivity contribution in [1.82, 2.24) is 5.32 Å². The zero-order valence-corrected chi connectivity index (χ0v) is 12.9. The van der Waals surface area contributed by atoms with Crippen LogP contribution in [0.25, 0.3) is 0 Å². The van der Waals surface area contributed by atoms with Crippen LogP contribution in [0.1, 0.15) is 23.8 Å². The van der Waals surface area contributed by atoms with Gasteiger partial charge in [0.2, 0.25) is 0 Å². The molecule has 0 aliphatic rings. The molecular formula is C15H17ClN2OS. The summed E-state index contributed by atoms with van der Waals surface area (Å²) in [5.74, 6) is 0. The first-order valence-electron chi connectivity index (χ1n) is 6.55. The van der Waals surface area contributed by atoms with E-state index in [1.807, 2.05) is 36.4 Å². The molecule has 0 unspecified atom stereocenters. The Hall–Kier alpha value is -1.52. The van der Waals surface area contributed by atoms with E-state index in [0.29, 0.717) is 6.54 Å². The fourth-order valence-electron chi connectivity index (χ4n) is 1.83. The lowest BCUT2D eigenvalue weighted by molar-refractivity contribution is 0.252. The lowest BCUT2D eigenvalue weighted by atomic mass is 10.1. The number of benzene rings is 1. The molecule has 1 aromatic heterocycles. The number of anilines is 1. The summed E-state index contributed by atoms with van der Waals surface area (Å²) in [6.07, 6.45) is 2.18. The quantitative estimate of drug-likeness (QED) is 0.827. The van der Waals surface area contributed by atoms with Crippen LogP contribution in [0.5, 0.6) is 0 Å². The van der Waals surface area contributed by atoms with E-state index in [1.54, 1.807) is 0 Å². The summed E-state index contributed by atoms with van der Waals surface area (Å²) in [5, 5.41) is 5.61. The molecule has 0 saturated heterocycles. The smallest absolute Gasteiger partial charge is 0.319 e. The molecule has 2 aromatic rings. The average molecular weight is 309 g/mol. The molecule has 3 nitrogen and oxygen atoms in total. The maximum Gasteiger partial charge on any atom is 0.319 e. The summed E-state index contributed by atoms with van der Waals surface area (Å²) in [7, 11) is 0. The molecule has 0 fully saturated rings. The molecule has 0 bridgehead atoms. The van der Waals surface area contributed by atoms with Crippen molar-refractivity contribution < 1.29 is 4.79 Å². The number of hydrogen-bond donors (Lipinski definition) is 2. The number of nitrogens with one attached hydrogen (secondary N) is 2. The standard InChI is InChI=1S/C15H17ClN2OS/c1-2-3-11-4-6-12(7-5-11)18-15(19)17-10-13-8-9-14(16)20-13/h4-9H,2-3,10H2,1H3,(H2,17,18,19). The van der Waals surface area contributed by atoms with Gasteiger partial charge < -0.3 is 10.6 Å². The Morgan fingerprint density at radius 3 is 2.55 bits per heavy atom. The van der Waals surface area contributed by atoms with Crippen LogP contribution in [0.15, 0.2) is 36.4 Å². The molecule has 0 spiro atoms. The Labute approximate surface area is 128 Å². The average Bonchev–Trinajstić information content (AvgIpc) is 2.85. The van der Waals surface area contributed by atoms with Gasteiger partial charge in [-0.25, -0.2) is 4.79 Å². The van der Waals surface area contributed by atoms with E-state index in [-0.39, 0.29) is 6.03 Å². The van der Waals surface area contributed by atoms with Gasteiger partial charge in [-0.05, 0) is 36.2 Å². The first-order valence-corrected chi connectivity index (χ1v) is 7.75. The molecule has 2 N–H and O–H groups in total. The van der Waals surface area contributed by atoms with Gasteiger partial charge in [0.05, 0.1) is 10.9 Å². The Morgan fingerprint density at radius 2 is 1.95 bits per heavy atom. The van der Waals surface area contributed by atoms with Gasteiger partial charge in [-0.15, -0.1) is 11.3 Å².